The smallest absolute Gasteiger partial charge is 0.335 e. The third kappa shape index (κ3) is 2.85. The van der Waals surface area contributed by atoms with Crippen molar-refractivity contribution in [1.82, 2.24) is 4.90 Å². The van der Waals surface area contributed by atoms with Crippen LogP contribution in [0.5, 0.6) is 5.75 Å². The molecule has 1 heterocycles. The Morgan fingerprint density at radius 2 is 2.24 bits per heavy atom. The van der Waals surface area contributed by atoms with Gasteiger partial charge in [-0.05, 0) is 31.0 Å². The highest BCUT2D eigenvalue weighted by Gasteiger charge is 2.41. The molecule has 1 aliphatic heterocycles. The number of methoxy groups -OCH3 is 1. The minimum Gasteiger partial charge on any atom is -0.496 e. The lowest BCUT2D eigenvalue weighted by atomic mass is 9.96. The van der Waals surface area contributed by atoms with Crippen LogP contribution in [0.1, 0.15) is 24.1 Å². The van der Waals surface area contributed by atoms with E-state index in [9.17, 15) is 14.7 Å². The van der Waals surface area contributed by atoms with E-state index in [1.807, 2.05) is 19.9 Å². The first-order valence-corrected chi connectivity index (χ1v) is 6.78. The summed E-state index contributed by atoms with van der Waals surface area (Å²) in [6, 6.07) is 4.76. The fourth-order valence-electron chi connectivity index (χ4n) is 2.67. The Hall–Kier alpha value is -2.08. The van der Waals surface area contributed by atoms with Crippen molar-refractivity contribution in [3.63, 3.8) is 0 Å². The van der Waals surface area contributed by atoms with Gasteiger partial charge in [0.1, 0.15) is 12.4 Å². The molecule has 2 atom stereocenters. The predicted molar refractivity (Wildman–Crippen MR) is 75.2 cm³/mol. The summed E-state index contributed by atoms with van der Waals surface area (Å²) in [6.07, 6.45) is -1.06. The SMILES string of the molecule is CCN1C(=O)COC(C(=O)O)C1c1ccc(OC)c(C)c1. The number of hydrogen-bond acceptors (Lipinski definition) is 4. The number of carboxylic acid groups (broad SMARTS) is 1. The van der Waals surface area contributed by atoms with Crippen molar-refractivity contribution in [1.29, 1.82) is 0 Å². The lowest BCUT2D eigenvalue weighted by molar-refractivity contribution is -0.172. The molecule has 2 rings (SSSR count). The molecule has 1 fully saturated rings. The summed E-state index contributed by atoms with van der Waals surface area (Å²) < 4.78 is 10.4. The molecular formula is C15H19NO5. The lowest BCUT2D eigenvalue weighted by Crippen LogP contribution is -2.51. The van der Waals surface area contributed by atoms with E-state index in [2.05, 4.69) is 0 Å². The molecule has 1 aromatic carbocycles. The van der Waals surface area contributed by atoms with Crippen LogP contribution in [-0.2, 0) is 14.3 Å². The van der Waals surface area contributed by atoms with Crippen LogP contribution in [0.2, 0.25) is 0 Å². The Balaban J connectivity index is 2.45. The van der Waals surface area contributed by atoms with E-state index in [1.54, 1.807) is 24.1 Å². The molecule has 0 radical (unpaired) electrons. The molecule has 6 heteroatoms. The molecule has 0 aromatic heterocycles. The average molecular weight is 293 g/mol. The number of likely N-dealkylation sites (N-methyl/N-ethyl adjacent to an activating group) is 1. The van der Waals surface area contributed by atoms with Gasteiger partial charge in [0.2, 0.25) is 5.91 Å². The highest BCUT2D eigenvalue weighted by Crippen LogP contribution is 2.32. The second kappa shape index (κ2) is 6.13. The van der Waals surface area contributed by atoms with E-state index in [-0.39, 0.29) is 12.5 Å². The number of ether oxygens (including phenoxy) is 2. The fraction of sp³-hybridized carbons (Fsp3) is 0.467. The van der Waals surface area contributed by atoms with Gasteiger partial charge in [-0.15, -0.1) is 0 Å². The first-order chi connectivity index (χ1) is 9.99. The van der Waals surface area contributed by atoms with Gasteiger partial charge in [-0.1, -0.05) is 12.1 Å². The van der Waals surface area contributed by atoms with Gasteiger partial charge in [-0.2, -0.15) is 0 Å². The number of hydrogen-bond donors (Lipinski definition) is 1. The molecule has 0 bridgehead atoms. The summed E-state index contributed by atoms with van der Waals surface area (Å²) in [5.41, 5.74) is 1.61. The maximum absolute atomic E-state index is 12.0. The monoisotopic (exact) mass is 293 g/mol. The minimum absolute atomic E-state index is 0.198. The van der Waals surface area contributed by atoms with Crippen molar-refractivity contribution in [3.8, 4) is 5.75 Å². The molecule has 21 heavy (non-hydrogen) atoms. The van der Waals surface area contributed by atoms with Gasteiger partial charge in [0.15, 0.2) is 6.10 Å². The van der Waals surface area contributed by atoms with Crippen molar-refractivity contribution >= 4 is 11.9 Å². The zero-order chi connectivity index (χ0) is 15.6. The van der Waals surface area contributed by atoms with Crippen LogP contribution in [0, 0.1) is 6.92 Å². The molecule has 0 saturated carbocycles. The van der Waals surface area contributed by atoms with Crippen molar-refractivity contribution in [2.45, 2.75) is 26.0 Å². The number of aryl methyl sites for hydroxylation is 1. The number of benzene rings is 1. The molecule has 1 aromatic rings. The number of morpholine rings is 1. The van der Waals surface area contributed by atoms with E-state index >= 15 is 0 Å². The topological polar surface area (TPSA) is 76.1 Å². The molecule has 0 spiro atoms. The largest absolute Gasteiger partial charge is 0.496 e. The van der Waals surface area contributed by atoms with Crippen LogP contribution in [0.25, 0.3) is 0 Å². The number of carbonyl (C=O) groups is 2. The summed E-state index contributed by atoms with van der Waals surface area (Å²) in [5, 5.41) is 9.35. The van der Waals surface area contributed by atoms with E-state index in [0.717, 1.165) is 16.9 Å². The molecule has 114 valence electrons. The van der Waals surface area contributed by atoms with E-state index in [4.69, 9.17) is 9.47 Å². The Morgan fingerprint density at radius 3 is 2.76 bits per heavy atom. The maximum atomic E-state index is 12.0. The Bertz CT molecular complexity index is 555. The Morgan fingerprint density at radius 1 is 1.52 bits per heavy atom. The number of carbonyl (C=O) groups excluding carboxylic acids is 1. The van der Waals surface area contributed by atoms with Gasteiger partial charge in [0.25, 0.3) is 0 Å². The van der Waals surface area contributed by atoms with Gasteiger partial charge in [-0.3, -0.25) is 4.79 Å². The van der Waals surface area contributed by atoms with Crippen molar-refractivity contribution in [2.24, 2.45) is 0 Å². The van der Waals surface area contributed by atoms with Crippen LogP contribution >= 0.6 is 0 Å². The van der Waals surface area contributed by atoms with Crippen molar-refractivity contribution < 1.29 is 24.2 Å². The highest BCUT2D eigenvalue weighted by molar-refractivity contribution is 5.83. The van der Waals surface area contributed by atoms with Crippen molar-refractivity contribution in [3.05, 3.63) is 29.3 Å². The Labute approximate surface area is 123 Å². The zero-order valence-corrected chi connectivity index (χ0v) is 12.3. The molecule has 6 nitrogen and oxygen atoms in total. The molecule has 1 N–H and O–H groups in total. The molecule has 2 unspecified atom stereocenters. The van der Waals surface area contributed by atoms with Gasteiger partial charge in [0.05, 0.1) is 13.2 Å². The number of carboxylic acids is 1. The second-order valence-electron chi connectivity index (χ2n) is 4.92. The van der Waals surface area contributed by atoms with Crippen molar-refractivity contribution in [2.75, 3.05) is 20.3 Å². The van der Waals surface area contributed by atoms with E-state index in [0.29, 0.717) is 6.54 Å². The minimum atomic E-state index is -1.07. The zero-order valence-electron chi connectivity index (χ0n) is 12.3. The first kappa shape index (κ1) is 15.3. The maximum Gasteiger partial charge on any atom is 0.335 e. The molecule has 1 amide bonds. The standard InChI is InChI=1S/C15H19NO5/c1-4-16-12(17)8-21-14(15(18)19)13(16)10-5-6-11(20-3)9(2)7-10/h5-7,13-14H,4,8H2,1-3H3,(H,18,19). The Kier molecular flexibility index (Phi) is 4.47. The number of nitrogens with zero attached hydrogens (tertiary/aromatic N) is 1. The van der Waals surface area contributed by atoms with Crippen LogP contribution in [0.15, 0.2) is 18.2 Å². The molecule has 1 saturated heterocycles. The normalized spacial score (nSPS) is 22.2. The quantitative estimate of drug-likeness (QED) is 0.907. The summed E-state index contributed by atoms with van der Waals surface area (Å²) in [5.74, 6) is -0.551. The van der Waals surface area contributed by atoms with Crippen LogP contribution < -0.4 is 4.74 Å². The third-order valence-corrected chi connectivity index (χ3v) is 3.67. The summed E-state index contributed by atoms with van der Waals surface area (Å²) in [7, 11) is 1.58. The van der Waals surface area contributed by atoms with Crippen LogP contribution in [-0.4, -0.2) is 48.2 Å². The summed E-state index contributed by atoms with van der Waals surface area (Å²) >= 11 is 0. The fourth-order valence-corrected chi connectivity index (χ4v) is 2.67. The second-order valence-corrected chi connectivity index (χ2v) is 4.92. The van der Waals surface area contributed by atoms with Gasteiger partial charge in [0, 0.05) is 6.54 Å². The number of aliphatic carboxylic acids is 1. The summed E-state index contributed by atoms with van der Waals surface area (Å²) in [6.45, 7) is 3.93. The molecular weight excluding hydrogens is 274 g/mol. The van der Waals surface area contributed by atoms with Crippen LogP contribution in [0.3, 0.4) is 0 Å². The molecule has 0 aliphatic carbocycles. The third-order valence-electron chi connectivity index (χ3n) is 3.67. The predicted octanol–water partition coefficient (Wildman–Crippen LogP) is 1.38. The lowest BCUT2D eigenvalue weighted by Gasteiger charge is -2.39. The number of amides is 1. The van der Waals surface area contributed by atoms with Gasteiger partial charge in [-0.25, -0.2) is 4.79 Å². The number of rotatable bonds is 4. The van der Waals surface area contributed by atoms with Gasteiger partial charge < -0.3 is 19.5 Å². The summed E-state index contributed by atoms with van der Waals surface area (Å²) in [4.78, 5) is 24.9. The van der Waals surface area contributed by atoms with E-state index < -0.39 is 18.1 Å². The highest BCUT2D eigenvalue weighted by atomic mass is 16.5. The molecule has 1 aliphatic rings. The van der Waals surface area contributed by atoms with Gasteiger partial charge >= 0.3 is 5.97 Å². The van der Waals surface area contributed by atoms with Crippen LogP contribution in [0.4, 0.5) is 0 Å². The first-order valence-electron chi connectivity index (χ1n) is 6.78. The van der Waals surface area contributed by atoms with E-state index in [1.165, 1.54) is 0 Å². The average Bonchev–Trinajstić information content (AvgIpc) is 2.46.